The molecular weight excluding hydrogens is 308 g/mol. The number of benzene rings is 1. The van der Waals surface area contributed by atoms with Gasteiger partial charge in [0.25, 0.3) is 5.91 Å². The van der Waals surface area contributed by atoms with Gasteiger partial charge < -0.3 is 15.5 Å². The summed E-state index contributed by atoms with van der Waals surface area (Å²) in [6.07, 6.45) is 4.30. The molecule has 0 saturated carbocycles. The molecular formula is C17H18N4O3. The number of hydrazone groups is 1. The highest BCUT2D eigenvalue weighted by Crippen LogP contribution is 2.06. The fourth-order valence-corrected chi connectivity index (χ4v) is 1.74. The van der Waals surface area contributed by atoms with Gasteiger partial charge >= 0.3 is 0 Å². The van der Waals surface area contributed by atoms with Crippen molar-refractivity contribution in [1.29, 1.82) is 0 Å². The van der Waals surface area contributed by atoms with Crippen LogP contribution in [0.1, 0.15) is 18.2 Å². The average Bonchev–Trinajstić information content (AvgIpc) is 3.10. The molecule has 124 valence electrons. The normalized spacial score (nSPS) is 11.5. The Bertz CT molecular complexity index is 747. The van der Waals surface area contributed by atoms with Crippen LogP contribution in [0, 0.1) is 0 Å². The number of nitrogens with two attached hydrogens (primary N) is 1. The van der Waals surface area contributed by atoms with Gasteiger partial charge in [0, 0.05) is 11.8 Å². The highest BCUT2D eigenvalue weighted by Gasteiger charge is 2.03. The molecule has 24 heavy (non-hydrogen) atoms. The molecule has 0 aliphatic heterocycles. The lowest BCUT2D eigenvalue weighted by Gasteiger charge is -2.04. The van der Waals surface area contributed by atoms with Crippen LogP contribution in [0.5, 0.6) is 0 Å². The van der Waals surface area contributed by atoms with E-state index in [1.807, 2.05) is 12.1 Å². The first-order valence-electron chi connectivity index (χ1n) is 7.23. The standard InChI is InChI=1S/C17H18N4O3/c1-12(13-4-6-14(18)7-5-13)20-21-17(23)11-19-16(22)9-8-15-3-2-10-24-15/h2-10H,11,18H2,1H3,(H,19,22)(H,21,23). The highest BCUT2D eigenvalue weighted by atomic mass is 16.3. The maximum atomic E-state index is 11.7. The minimum atomic E-state index is -0.426. The van der Waals surface area contributed by atoms with E-state index < -0.39 is 11.8 Å². The highest BCUT2D eigenvalue weighted by molar-refractivity contribution is 5.99. The zero-order valence-electron chi connectivity index (χ0n) is 13.2. The number of carbonyl (C=O) groups excluding carboxylic acids is 2. The van der Waals surface area contributed by atoms with Gasteiger partial charge in [-0.15, -0.1) is 0 Å². The number of nitrogen functional groups attached to an aromatic ring is 1. The van der Waals surface area contributed by atoms with Crippen LogP contribution in [0.3, 0.4) is 0 Å². The van der Waals surface area contributed by atoms with Crippen molar-refractivity contribution < 1.29 is 14.0 Å². The summed E-state index contributed by atoms with van der Waals surface area (Å²) in [5, 5.41) is 6.43. The van der Waals surface area contributed by atoms with Crippen LogP contribution in [-0.4, -0.2) is 24.1 Å². The lowest BCUT2D eigenvalue weighted by molar-refractivity contribution is -0.123. The topological polar surface area (TPSA) is 110 Å². The quantitative estimate of drug-likeness (QED) is 0.323. The zero-order chi connectivity index (χ0) is 17.4. The molecule has 0 unspecified atom stereocenters. The monoisotopic (exact) mass is 326 g/mol. The number of nitrogens with one attached hydrogen (secondary N) is 2. The molecule has 1 aromatic heterocycles. The van der Waals surface area contributed by atoms with Crippen LogP contribution in [0.25, 0.3) is 6.08 Å². The fraction of sp³-hybridized carbons (Fsp3) is 0.118. The number of hydrogen-bond donors (Lipinski definition) is 3. The SMILES string of the molecule is CC(=NNC(=O)CNC(=O)C=Cc1ccco1)c1ccc(N)cc1. The molecule has 4 N–H and O–H groups in total. The second kappa shape index (κ2) is 8.33. The molecule has 7 heteroatoms. The van der Waals surface area contributed by atoms with Crippen LogP contribution in [0.4, 0.5) is 5.69 Å². The van der Waals surface area contributed by atoms with Crippen molar-refractivity contribution in [2.45, 2.75) is 6.92 Å². The molecule has 0 atom stereocenters. The van der Waals surface area contributed by atoms with E-state index in [4.69, 9.17) is 10.2 Å². The summed E-state index contributed by atoms with van der Waals surface area (Å²) in [6, 6.07) is 10.5. The molecule has 0 bridgehead atoms. The van der Waals surface area contributed by atoms with E-state index in [-0.39, 0.29) is 6.54 Å². The van der Waals surface area contributed by atoms with Gasteiger partial charge in [-0.25, -0.2) is 5.43 Å². The Morgan fingerprint density at radius 2 is 2.00 bits per heavy atom. The predicted molar refractivity (Wildman–Crippen MR) is 92.0 cm³/mol. The van der Waals surface area contributed by atoms with Gasteiger partial charge in [0.15, 0.2) is 0 Å². The summed E-state index contributed by atoms with van der Waals surface area (Å²) in [4.78, 5) is 23.2. The lowest BCUT2D eigenvalue weighted by Crippen LogP contribution is -2.34. The van der Waals surface area contributed by atoms with Crippen molar-refractivity contribution >= 4 is 29.3 Å². The molecule has 0 saturated heterocycles. The van der Waals surface area contributed by atoms with Gasteiger partial charge in [-0.1, -0.05) is 12.1 Å². The molecule has 2 rings (SSSR count). The van der Waals surface area contributed by atoms with Crippen LogP contribution in [0.15, 0.2) is 58.3 Å². The Morgan fingerprint density at radius 1 is 1.25 bits per heavy atom. The van der Waals surface area contributed by atoms with E-state index >= 15 is 0 Å². The number of carbonyl (C=O) groups is 2. The first-order chi connectivity index (χ1) is 11.5. The summed E-state index contributed by atoms with van der Waals surface area (Å²) in [6.45, 7) is 1.58. The van der Waals surface area contributed by atoms with Gasteiger partial charge in [0.1, 0.15) is 5.76 Å². The number of amides is 2. The predicted octanol–water partition coefficient (Wildman–Crippen LogP) is 1.53. The van der Waals surface area contributed by atoms with Crippen molar-refractivity contribution in [3.63, 3.8) is 0 Å². The summed E-state index contributed by atoms with van der Waals surface area (Å²) in [5.74, 6) is -0.274. The fourth-order valence-electron chi connectivity index (χ4n) is 1.74. The molecule has 0 aliphatic rings. The number of furan rings is 1. The van der Waals surface area contributed by atoms with Crippen molar-refractivity contribution in [1.82, 2.24) is 10.7 Å². The van der Waals surface area contributed by atoms with E-state index in [1.54, 1.807) is 31.2 Å². The third-order valence-corrected chi connectivity index (χ3v) is 3.04. The number of nitrogens with zero attached hydrogens (tertiary/aromatic N) is 1. The van der Waals surface area contributed by atoms with Crippen LogP contribution >= 0.6 is 0 Å². The van der Waals surface area contributed by atoms with Gasteiger partial charge in [0.05, 0.1) is 18.5 Å². The van der Waals surface area contributed by atoms with Crippen LogP contribution in [-0.2, 0) is 9.59 Å². The number of rotatable bonds is 6. The molecule has 0 fully saturated rings. The Hall–Kier alpha value is -3.35. The van der Waals surface area contributed by atoms with Crippen LogP contribution < -0.4 is 16.5 Å². The maximum Gasteiger partial charge on any atom is 0.259 e. The van der Waals surface area contributed by atoms with Crippen molar-refractivity contribution in [3.05, 3.63) is 60.1 Å². The molecule has 0 spiro atoms. The summed E-state index contributed by atoms with van der Waals surface area (Å²) in [5.41, 5.74) is 10.1. The van der Waals surface area contributed by atoms with Crippen molar-refractivity contribution in [2.75, 3.05) is 12.3 Å². The third kappa shape index (κ3) is 5.45. The first kappa shape index (κ1) is 17.0. The zero-order valence-corrected chi connectivity index (χ0v) is 13.2. The van der Waals surface area contributed by atoms with E-state index in [1.165, 1.54) is 18.4 Å². The second-order valence-electron chi connectivity index (χ2n) is 4.92. The summed E-state index contributed by atoms with van der Waals surface area (Å²) >= 11 is 0. The molecule has 7 nitrogen and oxygen atoms in total. The summed E-state index contributed by atoms with van der Waals surface area (Å²) < 4.78 is 5.05. The van der Waals surface area contributed by atoms with Crippen LogP contribution in [0.2, 0.25) is 0 Å². The molecule has 1 aromatic carbocycles. The Labute approximate surface area is 139 Å². The van der Waals surface area contributed by atoms with E-state index in [2.05, 4.69) is 15.8 Å². The van der Waals surface area contributed by atoms with Crippen molar-refractivity contribution in [3.8, 4) is 0 Å². The third-order valence-electron chi connectivity index (χ3n) is 3.04. The van der Waals surface area contributed by atoms with E-state index in [9.17, 15) is 9.59 Å². The molecule has 2 amide bonds. The van der Waals surface area contributed by atoms with Gasteiger partial charge in [0.2, 0.25) is 5.91 Å². The maximum absolute atomic E-state index is 11.7. The molecule has 2 aromatic rings. The number of anilines is 1. The minimum absolute atomic E-state index is 0.181. The van der Waals surface area contributed by atoms with Crippen molar-refractivity contribution in [2.24, 2.45) is 5.10 Å². The Morgan fingerprint density at radius 3 is 2.67 bits per heavy atom. The van der Waals surface area contributed by atoms with Gasteiger partial charge in [-0.2, -0.15) is 5.10 Å². The Balaban J connectivity index is 1.77. The molecule has 0 radical (unpaired) electrons. The summed E-state index contributed by atoms with van der Waals surface area (Å²) in [7, 11) is 0. The largest absolute Gasteiger partial charge is 0.465 e. The van der Waals surface area contributed by atoms with E-state index in [0.717, 1.165) is 5.56 Å². The minimum Gasteiger partial charge on any atom is -0.465 e. The Kier molecular flexibility index (Phi) is 5.90. The van der Waals surface area contributed by atoms with Gasteiger partial charge in [-0.05, 0) is 42.8 Å². The second-order valence-corrected chi connectivity index (χ2v) is 4.92. The lowest BCUT2D eigenvalue weighted by atomic mass is 10.1. The first-order valence-corrected chi connectivity index (χ1v) is 7.23. The number of hydrogen-bond acceptors (Lipinski definition) is 5. The van der Waals surface area contributed by atoms with E-state index in [0.29, 0.717) is 17.2 Å². The smallest absolute Gasteiger partial charge is 0.259 e. The average molecular weight is 326 g/mol. The molecule has 0 aliphatic carbocycles. The van der Waals surface area contributed by atoms with Gasteiger partial charge in [-0.3, -0.25) is 9.59 Å². The molecule has 1 heterocycles.